The molecule has 10 nitrogen and oxygen atoms in total. The summed E-state index contributed by atoms with van der Waals surface area (Å²) in [7, 11) is 1.87. The molecule has 1 saturated heterocycles. The Morgan fingerprint density at radius 1 is 1.21 bits per heavy atom. The van der Waals surface area contributed by atoms with Crippen LogP contribution in [-0.4, -0.2) is 68.3 Å². The van der Waals surface area contributed by atoms with E-state index in [1.165, 1.54) is 11.3 Å². The molecule has 1 aromatic heterocycles. The third kappa shape index (κ3) is 3.61. The van der Waals surface area contributed by atoms with Crippen molar-refractivity contribution in [1.82, 2.24) is 10.2 Å². The van der Waals surface area contributed by atoms with Gasteiger partial charge in [0, 0.05) is 31.0 Å². The topological polar surface area (TPSA) is 94.7 Å². The Morgan fingerprint density at radius 3 is 2.64 bits per heavy atom. The molecular formula is C18H20N6O4. The van der Waals surface area contributed by atoms with Crippen molar-refractivity contribution in [3.8, 4) is 0 Å². The molecule has 1 aromatic carbocycles. The molecule has 4 rings (SSSR count). The molecule has 0 spiro atoms. The van der Waals surface area contributed by atoms with Crippen molar-refractivity contribution in [1.29, 1.82) is 0 Å². The highest BCUT2D eigenvalue weighted by Gasteiger charge is 2.33. The fraction of sp³-hybridized carbons (Fsp3) is 0.333. The number of likely N-dealkylation sites (N-methyl/N-ethyl adjacent to an activating group) is 1. The molecule has 2 amide bonds. The summed E-state index contributed by atoms with van der Waals surface area (Å²) in [6.45, 7) is 2.16. The number of carbonyl (C=O) groups is 2. The first-order valence-corrected chi connectivity index (χ1v) is 8.86. The van der Waals surface area contributed by atoms with E-state index in [1.54, 1.807) is 17.3 Å². The monoisotopic (exact) mass is 384 g/mol. The summed E-state index contributed by atoms with van der Waals surface area (Å²) < 4.78 is 10.3. The maximum Gasteiger partial charge on any atom is 0.414 e. The van der Waals surface area contributed by atoms with E-state index in [-0.39, 0.29) is 12.2 Å². The van der Waals surface area contributed by atoms with Gasteiger partial charge in [0.25, 0.3) is 0 Å². The predicted molar refractivity (Wildman–Crippen MR) is 102 cm³/mol. The van der Waals surface area contributed by atoms with Gasteiger partial charge in [-0.05, 0) is 24.3 Å². The molecule has 1 atom stereocenters. The van der Waals surface area contributed by atoms with Crippen LogP contribution in [-0.2, 0) is 9.53 Å². The van der Waals surface area contributed by atoms with Gasteiger partial charge < -0.3 is 19.1 Å². The van der Waals surface area contributed by atoms with Gasteiger partial charge in [0.1, 0.15) is 18.7 Å². The lowest BCUT2D eigenvalue weighted by molar-refractivity contribution is -0.118. The number of ether oxygens (including phenoxy) is 1. The molecule has 2 aliphatic heterocycles. The summed E-state index contributed by atoms with van der Waals surface area (Å²) in [5.41, 5.74) is 1.71. The van der Waals surface area contributed by atoms with Crippen LogP contribution in [0.3, 0.4) is 0 Å². The lowest BCUT2D eigenvalue weighted by atomic mass is 10.2. The van der Waals surface area contributed by atoms with Gasteiger partial charge in [0.2, 0.25) is 6.41 Å². The summed E-state index contributed by atoms with van der Waals surface area (Å²) in [6.07, 6.45) is 3.19. The molecule has 0 saturated carbocycles. The molecule has 146 valence electrons. The van der Waals surface area contributed by atoms with Crippen LogP contribution in [0.2, 0.25) is 0 Å². The average Bonchev–Trinajstić information content (AvgIpc) is 3.38. The molecule has 2 aromatic rings. The highest BCUT2D eigenvalue weighted by atomic mass is 16.6. The van der Waals surface area contributed by atoms with E-state index in [9.17, 15) is 9.59 Å². The molecule has 2 aliphatic rings. The Bertz CT molecular complexity index is 853. The fourth-order valence-corrected chi connectivity index (χ4v) is 3.18. The van der Waals surface area contributed by atoms with Crippen molar-refractivity contribution in [2.75, 3.05) is 47.9 Å². The van der Waals surface area contributed by atoms with E-state index < -0.39 is 0 Å². The van der Waals surface area contributed by atoms with E-state index in [0.717, 1.165) is 11.4 Å². The van der Waals surface area contributed by atoms with Crippen LogP contribution in [0.25, 0.3) is 0 Å². The van der Waals surface area contributed by atoms with Gasteiger partial charge >= 0.3 is 6.09 Å². The van der Waals surface area contributed by atoms with Crippen molar-refractivity contribution in [2.24, 2.45) is 5.10 Å². The minimum atomic E-state index is -0.368. The smallest absolute Gasteiger partial charge is 0.414 e. The molecule has 1 fully saturated rings. The molecule has 0 radical (unpaired) electrons. The lowest BCUT2D eigenvalue weighted by Gasteiger charge is -2.26. The van der Waals surface area contributed by atoms with Crippen LogP contribution in [0.1, 0.15) is 0 Å². The number of nitrogens with zero attached hydrogens (tertiary/aromatic N) is 6. The zero-order valence-corrected chi connectivity index (χ0v) is 15.3. The standard InChI is InChI=1S/C18H20N6O4/c1-21(17-6-9-27-20-17)10-16-11-24(18(26)28-16)15-4-2-14(3-5-15)22-7-8-23(13-25)19-12-22/h2-6,9,12-13,16H,7-8,10-11H2,1H3. The number of hydrazone groups is 1. The number of amides is 2. The molecule has 0 N–H and O–H groups in total. The summed E-state index contributed by atoms with van der Waals surface area (Å²) in [5, 5.41) is 9.27. The zero-order valence-electron chi connectivity index (χ0n) is 15.3. The van der Waals surface area contributed by atoms with Crippen LogP contribution in [0, 0.1) is 0 Å². The van der Waals surface area contributed by atoms with Gasteiger partial charge in [-0.3, -0.25) is 9.69 Å². The Labute approximate surface area is 161 Å². The van der Waals surface area contributed by atoms with Crippen LogP contribution >= 0.6 is 0 Å². The lowest BCUT2D eigenvalue weighted by Crippen LogP contribution is -2.37. The molecule has 0 aliphatic carbocycles. The van der Waals surface area contributed by atoms with Crippen LogP contribution in [0.5, 0.6) is 0 Å². The van der Waals surface area contributed by atoms with E-state index in [4.69, 9.17) is 9.26 Å². The summed E-state index contributed by atoms with van der Waals surface area (Å²) >= 11 is 0. The fourth-order valence-electron chi connectivity index (χ4n) is 3.18. The van der Waals surface area contributed by atoms with Crippen LogP contribution in [0.15, 0.2) is 46.2 Å². The Morgan fingerprint density at radius 2 is 2.00 bits per heavy atom. The zero-order chi connectivity index (χ0) is 19.5. The molecule has 1 unspecified atom stereocenters. The second-order valence-corrected chi connectivity index (χ2v) is 6.56. The van der Waals surface area contributed by atoms with Gasteiger partial charge in [-0.2, -0.15) is 5.10 Å². The number of hydrogen-bond donors (Lipinski definition) is 0. The normalized spacial score (nSPS) is 19.1. The third-order valence-electron chi connectivity index (χ3n) is 4.69. The molecule has 28 heavy (non-hydrogen) atoms. The SMILES string of the molecule is CN(CC1CN(c2ccc(N3C=NN(C=O)CC3)cc2)C(=O)O1)c1ccon1. The number of cyclic esters (lactones) is 1. The number of rotatable bonds is 6. The first-order chi connectivity index (χ1) is 13.6. The van der Waals surface area contributed by atoms with Gasteiger partial charge in [-0.1, -0.05) is 5.16 Å². The minimum Gasteiger partial charge on any atom is -0.442 e. The third-order valence-corrected chi connectivity index (χ3v) is 4.69. The predicted octanol–water partition coefficient (Wildman–Crippen LogP) is 1.36. The van der Waals surface area contributed by atoms with Crippen molar-refractivity contribution in [3.05, 3.63) is 36.6 Å². The van der Waals surface area contributed by atoms with Gasteiger partial charge in [-0.25, -0.2) is 9.80 Å². The largest absolute Gasteiger partial charge is 0.442 e. The average molecular weight is 384 g/mol. The van der Waals surface area contributed by atoms with Crippen molar-refractivity contribution in [2.45, 2.75) is 6.10 Å². The van der Waals surface area contributed by atoms with E-state index in [1.807, 2.05) is 41.1 Å². The van der Waals surface area contributed by atoms with Crippen molar-refractivity contribution >= 4 is 36.0 Å². The number of carbonyl (C=O) groups excluding carboxylic acids is 2. The Balaban J connectivity index is 1.39. The van der Waals surface area contributed by atoms with Gasteiger partial charge in [-0.15, -0.1) is 0 Å². The number of hydrogen-bond acceptors (Lipinski definition) is 8. The second kappa shape index (κ2) is 7.59. The van der Waals surface area contributed by atoms with E-state index in [2.05, 4.69) is 10.3 Å². The van der Waals surface area contributed by atoms with Crippen molar-refractivity contribution < 1.29 is 18.8 Å². The number of anilines is 3. The molecule has 3 heterocycles. The first kappa shape index (κ1) is 17.8. The minimum absolute atomic E-state index is 0.266. The summed E-state index contributed by atoms with van der Waals surface area (Å²) in [5.74, 6) is 0.690. The first-order valence-electron chi connectivity index (χ1n) is 8.86. The number of benzene rings is 1. The van der Waals surface area contributed by atoms with Crippen LogP contribution < -0.4 is 14.7 Å². The Hall–Kier alpha value is -3.56. The maximum atomic E-state index is 12.3. The quantitative estimate of drug-likeness (QED) is 0.694. The van der Waals surface area contributed by atoms with E-state index in [0.29, 0.717) is 38.4 Å². The van der Waals surface area contributed by atoms with Gasteiger partial charge in [0.15, 0.2) is 5.82 Å². The summed E-state index contributed by atoms with van der Waals surface area (Å²) in [4.78, 5) is 28.5. The second-order valence-electron chi connectivity index (χ2n) is 6.56. The molecule has 10 heteroatoms. The van der Waals surface area contributed by atoms with Crippen molar-refractivity contribution in [3.63, 3.8) is 0 Å². The summed E-state index contributed by atoms with van der Waals surface area (Å²) in [6, 6.07) is 9.34. The maximum absolute atomic E-state index is 12.3. The van der Waals surface area contributed by atoms with Gasteiger partial charge in [0.05, 0.1) is 19.6 Å². The highest BCUT2D eigenvalue weighted by Crippen LogP contribution is 2.25. The molecular weight excluding hydrogens is 364 g/mol. The molecule has 0 bridgehead atoms. The number of aromatic nitrogens is 1. The Kier molecular flexibility index (Phi) is 4.83. The van der Waals surface area contributed by atoms with E-state index >= 15 is 0 Å². The van der Waals surface area contributed by atoms with Crippen LogP contribution in [0.4, 0.5) is 22.0 Å². The highest BCUT2D eigenvalue weighted by molar-refractivity contribution is 5.90.